The smallest absolute Gasteiger partial charge is 0.293 e. The van der Waals surface area contributed by atoms with E-state index in [1.54, 1.807) is 60.7 Å². The molecule has 172 valence electrons. The van der Waals surface area contributed by atoms with Crippen molar-refractivity contribution in [3.63, 3.8) is 0 Å². The molecule has 1 fully saturated rings. The molecule has 2 amide bonds. The highest BCUT2D eigenvalue weighted by atomic mass is 79.9. The number of halogens is 3. The normalized spacial score (nSPS) is 14.7. The summed E-state index contributed by atoms with van der Waals surface area (Å²) < 4.78 is 19.4. The van der Waals surface area contributed by atoms with Gasteiger partial charge in [-0.25, -0.2) is 4.39 Å². The monoisotopic (exact) mass is 559 g/mol. The van der Waals surface area contributed by atoms with Crippen LogP contribution in [0.3, 0.4) is 0 Å². The van der Waals surface area contributed by atoms with Gasteiger partial charge < -0.3 is 4.74 Å². The van der Waals surface area contributed by atoms with Crippen LogP contribution in [-0.4, -0.2) is 28.4 Å². The predicted molar refractivity (Wildman–Crippen MR) is 133 cm³/mol. The highest BCUT2D eigenvalue weighted by Gasteiger charge is 2.36. The zero-order valence-electron chi connectivity index (χ0n) is 17.5. The fraction of sp³-hybridized carbons (Fsp3) is 0.0800. The molecule has 0 aromatic heterocycles. The van der Waals surface area contributed by atoms with Gasteiger partial charge in [-0.1, -0.05) is 29.8 Å². The van der Waals surface area contributed by atoms with Gasteiger partial charge >= 0.3 is 0 Å². The average Bonchev–Trinajstić information content (AvgIpc) is 3.07. The van der Waals surface area contributed by atoms with E-state index in [1.165, 1.54) is 12.1 Å². The number of ether oxygens (including phenoxy) is 1. The summed E-state index contributed by atoms with van der Waals surface area (Å²) in [7, 11) is 0. The molecule has 0 bridgehead atoms. The average molecular weight is 561 g/mol. The summed E-state index contributed by atoms with van der Waals surface area (Å²) in [6, 6.07) is 17.5. The molecule has 9 heteroatoms. The first kappa shape index (κ1) is 24.2. The summed E-state index contributed by atoms with van der Waals surface area (Å²) in [6.07, 6.45) is 1.59. The molecule has 34 heavy (non-hydrogen) atoms. The van der Waals surface area contributed by atoms with E-state index in [9.17, 15) is 18.8 Å². The van der Waals surface area contributed by atoms with E-state index < -0.39 is 11.1 Å². The minimum atomic E-state index is -0.523. The molecule has 0 N–H and O–H groups in total. The van der Waals surface area contributed by atoms with Gasteiger partial charge in [0.25, 0.3) is 11.1 Å². The maximum Gasteiger partial charge on any atom is 0.293 e. The van der Waals surface area contributed by atoms with Crippen molar-refractivity contribution in [1.29, 1.82) is 0 Å². The van der Waals surface area contributed by atoms with Crippen LogP contribution in [0.2, 0.25) is 5.02 Å². The molecule has 1 heterocycles. The van der Waals surface area contributed by atoms with Crippen molar-refractivity contribution >= 4 is 62.3 Å². The minimum absolute atomic E-state index is 0.223. The van der Waals surface area contributed by atoms with Gasteiger partial charge in [-0.15, -0.1) is 0 Å². The third-order valence-corrected chi connectivity index (χ3v) is 6.68. The number of carbonyl (C=O) groups excluding carboxylic acids is 3. The van der Waals surface area contributed by atoms with Crippen molar-refractivity contribution in [2.45, 2.75) is 6.61 Å². The molecule has 1 aliphatic heterocycles. The van der Waals surface area contributed by atoms with E-state index in [-0.39, 0.29) is 29.7 Å². The van der Waals surface area contributed by atoms with Gasteiger partial charge in [0, 0.05) is 10.6 Å². The van der Waals surface area contributed by atoms with Gasteiger partial charge in [0.2, 0.25) is 0 Å². The molecule has 1 saturated heterocycles. The van der Waals surface area contributed by atoms with Crippen LogP contribution in [0.15, 0.2) is 76.1 Å². The molecule has 0 atom stereocenters. The summed E-state index contributed by atoms with van der Waals surface area (Å²) >= 11 is 10.1. The third-order valence-electron chi connectivity index (χ3n) is 4.90. The Balaban J connectivity index is 1.43. The summed E-state index contributed by atoms with van der Waals surface area (Å²) in [5.74, 6) is -0.619. The predicted octanol–water partition coefficient (Wildman–Crippen LogP) is 6.74. The third kappa shape index (κ3) is 5.75. The zero-order chi connectivity index (χ0) is 24.2. The molecule has 3 aromatic carbocycles. The van der Waals surface area contributed by atoms with E-state index in [0.29, 0.717) is 26.4 Å². The van der Waals surface area contributed by atoms with Crippen molar-refractivity contribution in [3.05, 3.63) is 104 Å². The SMILES string of the molecule is O=C(CN1C(=O)S/C(=C\c2ccc(OCc3ccc(F)cc3)c(Br)c2)C1=O)c1ccc(Cl)cc1. The van der Waals surface area contributed by atoms with Crippen LogP contribution in [0.1, 0.15) is 21.5 Å². The Kier molecular flexibility index (Phi) is 7.50. The van der Waals surface area contributed by atoms with Gasteiger partial charge in [-0.05, 0) is 93.4 Å². The van der Waals surface area contributed by atoms with E-state index in [0.717, 1.165) is 22.2 Å². The fourth-order valence-electron chi connectivity index (χ4n) is 3.12. The van der Waals surface area contributed by atoms with Crippen LogP contribution >= 0.6 is 39.3 Å². The number of thioether (sulfide) groups is 1. The number of hydrogen-bond acceptors (Lipinski definition) is 5. The molecular formula is C25H16BrClFNO4S. The molecule has 3 aromatic rings. The number of Topliss-reactive ketones (excluding diaryl/α,β-unsaturated/α-hetero) is 1. The van der Waals surface area contributed by atoms with Crippen LogP contribution in [0.5, 0.6) is 5.75 Å². The Morgan fingerprint density at radius 3 is 2.44 bits per heavy atom. The fourth-order valence-corrected chi connectivity index (χ4v) is 4.60. The number of imide groups is 1. The first-order valence-electron chi connectivity index (χ1n) is 10.0. The van der Waals surface area contributed by atoms with Crippen molar-refractivity contribution in [2.75, 3.05) is 6.54 Å². The first-order valence-corrected chi connectivity index (χ1v) is 12.0. The van der Waals surface area contributed by atoms with Gasteiger partial charge in [-0.2, -0.15) is 0 Å². The maximum atomic E-state index is 13.0. The molecular weight excluding hydrogens is 545 g/mol. The van der Waals surface area contributed by atoms with Crippen molar-refractivity contribution < 1.29 is 23.5 Å². The van der Waals surface area contributed by atoms with Crippen LogP contribution in [-0.2, 0) is 11.4 Å². The van der Waals surface area contributed by atoms with Gasteiger partial charge in [0.05, 0.1) is 15.9 Å². The molecule has 0 radical (unpaired) electrons. The number of ketones is 1. The zero-order valence-corrected chi connectivity index (χ0v) is 20.6. The summed E-state index contributed by atoms with van der Waals surface area (Å²) in [5.41, 5.74) is 1.86. The van der Waals surface area contributed by atoms with Crippen molar-refractivity contribution in [3.8, 4) is 5.75 Å². The first-order chi connectivity index (χ1) is 16.3. The highest BCUT2D eigenvalue weighted by Crippen LogP contribution is 2.34. The van der Waals surface area contributed by atoms with E-state index in [1.807, 2.05) is 0 Å². The van der Waals surface area contributed by atoms with E-state index >= 15 is 0 Å². The standard InChI is InChI=1S/C25H16BrClFNO4S/c26-20-11-16(3-10-22(20)33-14-15-1-8-19(28)9-2-15)12-23-24(31)29(25(32)34-23)13-21(30)17-4-6-18(27)7-5-17/h1-12H,13-14H2/b23-12-. The number of hydrogen-bond donors (Lipinski definition) is 0. The Bertz CT molecular complexity index is 1300. The highest BCUT2D eigenvalue weighted by molar-refractivity contribution is 9.10. The summed E-state index contributed by atoms with van der Waals surface area (Å²) in [6.45, 7) is -0.0811. The van der Waals surface area contributed by atoms with Gasteiger partial charge in [0.1, 0.15) is 18.2 Å². The molecule has 5 nitrogen and oxygen atoms in total. The summed E-state index contributed by atoms with van der Waals surface area (Å²) in [4.78, 5) is 38.8. The van der Waals surface area contributed by atoms with E-state index in [2.05, 4.69) is 15.9 Å². The lowest BCUT2D eigenvalue weighted by Gasteiger charge is -2.11. The molecule has 4 rings (SSSR count). The molecule has 0 saturated carbocycles. The van der Waals surface area contributed by atoms with Crippen LogP contribution < -0.4 is 4.74 Å². The van der Waals surface area contributed by atoms with Gasteiger partial charge in [-0.3, -0.25) is 19.3 Å². The van der Waals surface area contributed by atoms with E-state index in [4.69, 9.17) is 16.3 Å². The number of benzene rings is 3. The van der Waals surface area contributed by atoms with Crippen LogP contribution in [0.25, 0.3) is 6.08 Å². The molecule has 1 aliphatic rings. The lowest BCUT2D eigenvalue weighted by Crippen LogP contribution is -2.33. The van der Waals surface area contributed by atoms with Crippen molar-refractivity contribution in [1.82, 2.24) is 4.90 Å². The second kappa shape index (κ2) is 10.5. The molecule has 0 spiro atoms. The number of carbonyl (C=O) groups is 3. The Morgan fingerprint density at radius 2 is 1.76 bits per heavy atom. The molecule has 0 unspecified atom stereocenters. The number of rotatable bonds is 7. The largest absolute Gasteiger partial charge is 0.488 e. The Hall–Kier alpha value is -2.94. The minimum Gasteiger partial charge on any atom is -0.488 e. The summed E-state index contributed by atoms with van der Waals surface area (Å²) in [5, 5.41) is -0.0134. The van der Waals surface area contributed by atoms with Gasteiger partial charge in [0.15, 0.2) is 5.78 Å². The number of nitrogens with zero attached hydrogens (tertiary/aromatic N) is 1. The number of amides is 2. The second-order valence-corrected chi connectivity index (χ2v) is 9.59. The molecule has 0 aliphatic carbocycles. The lowest BCUT2D eigenvalue weighted by atomic mass is 10.1. The van der Waals surface area contributed by atoms with Crippen LogP contribution in [0, 0.1) is 5.82 Å². The lowest BCUT2D eigenvalue weighted by molar-refractivity contribution is -0.122. The Labute approximate surface area is 212 Å². The van der Waals surface area contributed by atoms with Crippen molar-refractivity contribution in [2.24, 2.45) is 0 Å². The maximum absolute atomic E-state index is 13.0. The van der Waals surface area contributed by atoms with Crippen LogP contribution in [0.4, 0.5) is 9.18 Å². The quantitative estimate of drug-likeness (QED) is 0.237. The Morgan fingerprint density at radius 1 is 1.06 bits per heavy atom. The topological polar surface area (TPSA) is 63.7 Å². The second-order valence-electron chi connectivity index (χ2n) is 7.30.